The van der Waals surface area contributed by atoms with Crippen molar-refractivity contribution in [3.8, 4) is 11.5 Å². The molecule has 2 aromatic heterocycles. The van der Waals surface area contributed by atoms with Crippen LogP contribution in [0.5, 0.6) is 11.5 Å². The summed E-state index contributed by atoms with van der Waals surface area (Å²) in [4.78, 5) is 38.2. The maximum Gasteiger partial charge on any atom is 0.348 e. The fraction of sp³-hybridized carbons (Fsp3) is 0.370. The van der Waals surface area contributed by atoms with Gasteiger partial charge in [0.15, 0.2) is 17.1 Å². The highest BCUT2D eigenvalue weighted by molar-refractivity contribution is 7.99. The second-order valence-corrected chi connectivity index (χ2v) is 10.2. The van der Waals surface area contributed by atoms with Gasteiger partial charge in [-0.2, -0.15) is 0 Å². The predicted octanol–water partition coefficient (Wildman–Crippen LogP) is 5.07. The van der Waals surface area contributed by atoms with E-state index in [1.807, 2.05) is 11.5 Å². The van der Waals surface area contributed by atoms with Crippen molar-refractivity contribution in [2.24, 2.45) is 0 Å². The number of carbonyl (C=O) groups is 3. The summed E-state index contributed by atoms with van der Waals surface area (Å²) in [7, 11) is 1.59. The van der Waals surface area contributed by atoms with Crippen molar-refractivity contribution in [1.29, 1.82) is 0 Å². The molecule has 1 atom stereocenters. The second kappa shape index (κ2) is 14.5. The molecule has 214 valence electrons. The summed E-state index contributed by atoms with van der Waals surface area (Å²) in [5.41, 5.74) is 0.529. The lowest BCUT2D eigenvalue weighted by atomic mass is 10.1. The van der Waals surface area contributed by atoms with Crippen LogP contribution in [-0.4, -0.2) is 58.7 Å². The van der Waals surface area contributed by atoms with Gasteiger partial charge in [-0.25, -0.2) is 9.59 Å². The van der Waals surface area contributed by atoms with Gasteiger partial charge in [0.05, 0.1) is 31.6 Å². The molecule has 0 aliphatic rings. The Labute approximate surface area is 240 Å². The Morgan fingerprint density at radius 2 is 1.75 bits per heavy atom. The summed E-state index contributed by atoms with van der Waals surface area (Å²) in [5.74, 6) is 0.298. The minimum atomic E-state index is -0.629. The van der Waals surface area contributed by atoms with E-state index in [-0.39, 0.29) is 34.4 Å². The number of nitrogens with zero attached hydrogens (tertiary/aromatic N) is 3. The lowest BCUT2D eigenvalue weighted by Gasteiger charge is -2.16. The summed E-state index contributed by atoms with van der Waals surface area (Å²) < 4.78 is 23.3. The van der Waals surface area contributed by atoms with E-state index >= 15 is 0 Å². The molecule has 0 saturated heterocycles. The molecule has 0 saturated carbocycles. The number of methoxy groups -OCH3 is 1. The zero-order chi connectivity index (χ0) is 29.2. The van der Waals surface area contributed by atoms with Crippen LogP contribution in [0.15, 0.2) is 42.1 Å². The molecule has 40 heavy (non-hydrogen) atoms. The highest BCUT2D eigenvalue weighted by atomic mass is 32.2. The number of amides is 1. The fourth-order valence-electron chi connectivity index (χ4n) is 3.65. The van der Waals surface area contributed by atoms with Crippen molar-refractivity contribution in [3.05, 3.63) is 58.7 Å². The molecule has 1 amide bonds. The van der Waals surface area contributed by atoms with Gasteiger partial charge in [0, 0.05) is 6.54 Å². The van der Waals surface area contributed by atoms with Crippen LogP contribution in [0, 0.1) is 6.92 Å². The lowest BCUT2D eigenvalue weighted by molar-refractivity contribution is -0.113. The number of rotatable bonds is 14. The summed E-state index contributed by atoms with van der Waals surface area (Å²) in [6.45, 7) is 11.4. The Morgan fingerprint density at radius 1 is 1.10 bits per heavy atom. The number of aromatic nitrogens is 3. The molecule has 13 heteroatoms. The molecule has 0 aliphatic heterocycles. The summed E-state index contributed by atoms with van der Waals surface area (Å²) in [5, 5.41) is 12.0. The van der Waals surface area contributed by atoms with Gasteiger partial charge in [0.2, 0.25) is 5.91 Å². The van der Waals surface area contributed by atoms with Gasteiger partial charge in [-0.05, 0) is 57.5 Å². The molecule has 0 bridgehead atoms. The third-order valence-electron chi connectivity index (χ3n) is 5.47. The molecule has 1 N–H and O–H groups in total. The monoisotopic (exact) mass is 588 g/mol. The largest absolute Gasteiger partial charge is 0.497 e. The summed E-state index contributed by atoms with van der Waals surface area (Å²) >= 11 is 2.14. The number of benzene rings is 1. The Kier molecular flexibility index (Phi) is 11.1. The minimum absolute atomic E-state index is 0.0308. The average molecular weight is 589 g/mol. The molecule has 1 aromatic carbocycles. The van der Waals surface area contributed by atoms with Crippen molar-refractivity contribution >= 4 is 45.9 Å². The van der Waals surface area contributed by atoms with Crippen LogP contribution >= 0.6 is 23.1 Å². The second-order valence-electron chi connectivity index (χ2n) is 8.21. The van der Waals surface area contributed by atoms with Crippen molar-refractivity contribution in [2.75, 3.05) is 31.4 Å². The standard InChI is InChI=1S/C27H32N4O7S2/c1-7-14-31-23(17(5)38-19-12-10-18(35-6)11-13-19)29-30-27(31)39-15-20(32)28-24-21(25(33)36-8-2)16(4)22(40-24)26(34)37-9-3/h7,10-13,17H,1,8-9,14-15H2,2-6H3,(H,28,32). The molecule has 3 aromatic rings. The zero-order valence-electron chi connectivity index (χ0n) is 23.0. The number of thioether (sulfide) groups is 1. The normalized spacial score (nSPS) is 11.4. The third kappa shape index (κ3) is 7.42. The summed E-state index contributed by atoms with van der Waals surface area (Å²) in [6.07, 6.45) is 1.26. The molecule has 0 spiro atoms. The number of esters is 2. The van der Waals surface area contributed by atoms with Gasteiger partial charge in [0.25, 0.3) is 0 Å². The Bertz CT molecular complexity index is 1350. The van der Waals surface area contributed by atoms with Crippen LogP contribution in [0.1, 0.15) is 58.3 Å². The van der Waals surface area contributed by atoms with E-state index in [0.717, 1.165) is 17.1 Å². The van der Waals surface area contributed by atoms with E-state index in [1.54, 1.807) is 58.2 Å². The highest BCUT2D eigenvalue weighted by Gasteiger charge is 2.27. The number of hydrogen-bond donors (Lipinski definition) is 1. The van der Waals surface area contributed by atoms with Gasteiger partial charge in [0.1, 0.15) is 21.4 Å². The number of allylic oxidation sites excluding steroid dienone is 1. The predicted molar refractivity (Wildman–Crippen MR) is 153 cm³/mol. The van der Waals surface area contributed by atoms with Crippen molar-refractivity contribution in [3.63, 3.8) is 0 Å². The molecular formula is C27H32N4O7S2. The highest BCUT2D eigenvalue weighted by Crippen LogP contribution is 2.35. The van der Waals surface area contributed by atoms with E-state index in [4.69, 9.17) is 18.9 Å². The Balaban J connectivity index is 1.74. The van der Waals surface area contributed by atoms with Crippen LogP contribution in [0.2, 0.25) is 0 Å². The molecule has 0 fully saturated rings. The quantitative estimate of drug-likeness (QED) is 0.155. The van der Waals surface area contributed by atoms with Gasteiger partial charge >= 0.3 is 11.9 Å². The van der Waals surface area contributed by atoms with E-state index in [0.29, 0.717) is 28.8 Å². The summed E-state index contributed by atoms with van der Waals surface area (Å²) in [6, 6.07) is 7.20. The number of ether oxygens (including phenoxy) is 4. The zero-order valence-corrected chi connectivity index (χ0v) is 24.6. The number of hydrogen-bond acceptors (Lipinski definition) is 11. The first kappa shape index (κ1) is 30.7. The molecular weight excluding hydrogens is 556 g/mol. The number of carbonyl (C=O) groups excluding carboxylic acids is 3. The fourth-order valence-corrected chi connectivity index (χ4v) is 5.51. The first-order valence-corrected chi connectivity index (χ1v) is 14.3. The maximum absolute atomic E-state index is 12.9. The molecule has 0 radical (unpaired) electrons. The number of anilines is 1. The molecule has 11 nitrogen and oxygen atoms in total. The van der Waals surface area contributed by atoms with Gasteiger partial charge in [-0.15, -0.1) is 28.1 Å². The topological polar surface area (TPSA) is 131 Å². The molecule has 3 rings (SSSR count). The van der Waals surface area contributed by atoms with Crippen LogP contribution in [-0.2, 0) is 20.8 Å². The van der Waals surface area contributed by atoms with Crippen LogP contribution < -0.4 is 14.8 Å². The SMILES string of the molecule is C=CCn1c(SCC(=O)Nc2sc(C(=O)OCC)c(C)c2C(=O)OCC)nnc1C(C)Oc1ccc(OC)cc1. The lowest BCUT2D eigenvalue weighted by Crippen LogP contribution is -2.17. The average Bonchev–Trinajstić information content (AvgIpc) is 3.48. The van der Waals surface area contributed by atoms with Gasteiger partial charge < -0.3 is 24.3 Å². The van der Waals surface area contributed by atoms with E-state index in [2.05, 4.69) is 22.1 Å². The molecule has 1 unspecified atom stereocenters. The van der Waals surface area contributed by atoms with E-state index in [1.165, 1.54) is 11.8 Å². The minimum Gasteiger partial charge on any atom is -0.497 e. The van der Waals surface area contributed by atoms with Crippen molar-refractivity contribution < 1.29 is 33.3 Å². The van der Waals surface area contributed by atoms with E-state index < -0.39 is 23.9 Å². The molecule has 2 heterocycles. The van der Waals surface area contributed by atoms with E-state index in [9.17, 15) is 14.4 Å². The van der Waals surface area contributed by atoms with Crippen LogP contribution in [0.3, 0.4) is 0 Å². The van der Waals surface area contributed by atoms with Crippen LogP contribution in [0.25, 0.3) is 0 Å². The first-order valence-electron chi connectivity index (χ1n) is 12.5. The van der Waals surface area contributed by atoms with Gasteiger partial charge in [-0.3, -0.25) is 9.36 Å². The smallest absolute Gasteiger partial charge is 0.348 e. The van der Waals surface area contributed by atoms with Crippen LogP contribution in [0.4, 0.5) is 5.00 Å². The third-order valence-corrected chi connectivity index (χ3v) is 7.62. The van der Waals surface area contributed by atoms with Gasteiger partial charge in [-0.1, -0.05) is 17.8 Å². The van der Waals surface area contributed by atoms with Crippen molar-refractivity contribution in [2.45, 2.75) is 45.5 Å². The number of nitrogens with one attached hydrogen (secondary N) is 1. The van der Waals surface area contributed by atoms with Crippen molar-refractivity contribution in [1.82, 2.24) is 14.8 Å². The number of thiophene rings is 1. The Morgan fingerprint density at radius 3 is 2.38 bits per heavy atom. The Hall–Kier alpha value is -3.84. The maximum atomic E-state index is 12.9. The first-order chi connectivity index (χ1) is 19.2. The molecule has 0 aliphatic carbocycles.